The highest BCUT2D eigenvalue weighted by Crippen LogP contribution is 2.46. The zero-order chi connectivity index (χ0) is 12.3. The normalized spacial score (nSPS) is 16.9. The molecule has 0 bridgehead atoms. The van der Waals surface area contributed by atoms with Gasteiger partial charge in [0.2, 0.25) is 0 Å². The average molecular weight is 316 g/mol. The molecule has 1 N–H and O–H groups in total. The zero-order valence-corrected chi connectivity index (χ0v) is 12.7. The molecular formula is C13H18BrNOS. The van der Waals surface area contributed by atoms with E-state index in [1.807, 2.05) is 17.8 Å². The minimum absolute atomic E-state index is 0.531. The summed E-state index contributed by atoms with van der Waals surface area (Å²) in [5.74, 6) is 0.886. The van der Waals surface area contributed by atoms with Crippen LogP contribution in [0.5, 0.6) is 5.75 Å². The Labute approximate surface area is 116 Å². The topological polar surface area (TPSA) is 21.3 Å². The molecule has 4 heteroatoms. The monoisotopic (exact) mass is 315 g/mol. The maximum atomic E-state index is 5.22. The Morgan fingerprint density at radius 3 is 2.76 bits per heavy atom. The van der Waals surface area contributed by atoms with Crippen molar-refractivity contribution in [3.05, 3.63) is 28.2 Å². The lowest BCUT2D eigenvalue weighted by Gasteiger charge is -2.13. The molecule has 94 valence electrons. The molecule has 1 aromatic carbocycles. The summed E-state index contributed by atoms with van der Waals surface area (Å²) in [6.07, 6.45) is 4.92. The fourth-order valence-corrected chi connectivity index (χ4v) is 3.19. The van der Waals surface area contributed by atoms with Crippen LogP contribution in [0, 0.1) is 0 Å². The zero-order valence-electron chi connectivity index (χ0n) is 10.3. The molecule has 2 rings (SSSR count). The van der Waals surface area contributed by atoms with E-state index in [1.54, 1.807) is 7.11 Å². The highest BCUT2D eigenvalue weighted by atomic mass is 79.9. The van der Waals surface area contributed by atoms with Crippen molar-refractivity contribution < 1.29 is 4.74 Å². The number of thioether (sulfide) groups is 1. The second kappa shape index (κ2) is 5.63. The number of halogens is 1. The Balaban J connectivity index is 1.85. The van der Waals surface area contributed by atoms with E-state index in [-0.39, 0.29) is 0 Å². The molecule has 2 nitrogen and oxygen atoms in total. The summed E-state index contributed by atoms with van der Waals surface area (Å²) >= 11 is 5.50. The van der Waals surface area contributed by atoms with Crippen molar-refractivity contribution in [1.29, 1.82) is 0 Å². The summed E-state index contributed by atoms with van der Waals surface area (Å²) in [4.78, 5) is 0. The standard InChI is InChI=1S/C13H18BrNOS/c1-16-12-4-3-10(7-11(12)14)8-15-9-13(17-2)5-6-13/h3-4,7,15H,5-6,8-9H2,1-2H3. The second-order valence-corrected chi connectivity index (χ2v) is 6.59. The quantitative estimate of drug-likeness (QED) is 0.869. The maximum absolute atomic E-state index is 5.22. The largest absolute Gasteiger partial charge is 0.496 e. The average Bonchev–Trinajstić information content (AvgIpc) is 3.10. The van der Waals surface area contributed by atoms with E-state index in [2.05, 4.69) is 39.6 Å². The molecule has 17 heavy (non-hydrogen) atoms. The van der Waals surface area contributed by atoms with Gasteiger partial charge in [-0.05, 0) is 52.7 Å². The molecule has 1 aromatic rings. The van der Waals surface area contributed by atoms with E-state index >= 15 is 0 Å². The number of benzene rings is 1. The SMILES string of the molecule is COc1ccc(CNCC2(SC)CC2)cc1Br. The fraction of sp³-hybridized carbons (Fsp3) is 0.538. The molecular weight excluding hydrogens is 298 g/mol. The van der Waals surface area contributed by atoms with Crippen molar-refractivity contribution in [3.63, 3.8) is 0 Å². The molecule has 0 atom stereocenters. The molecule has 0 aromatic heterocycles. The Kier molecular flexibility index (Phi) is 4.39. The molecule has 1 aliphatic carbocycles. The number of methoxy groups -OCH3 is 1. The highest BCUT2D eigenvalue weighted by molar-refractivity contribution is 9.10. The third kappa shape index (κ3) is 3.39. The van der Waals surface area contributed by atoms with E-state index < -0.39 is 0 Å². The van der Waals surface area contributed by atoms with Gasteiger partial charge in [0.25, 0.3) is 0 Å². The van der Waals surface area contributed by atoms with Crippen molar-refractivity contribution in [2.45, 2.75) is 24.1 Å². The minimum atomic E-state index is 0.531. The van der Waals surface area contributed by atoms with Gasteiger partial charge in [-0.1, -0.05) is 6.07 Å². The summed E-state index contributed by atoms with van der Waals surface area (Å²) in [5, 5.41) is 3.54. The van der Waals surface area contributed by atoms with Gasteiger partial charge in [0.05, 0.1) is 11.6 Å². The first-order valence-corrected chi connectivity index (χ1v) is 7.79. The van der Waals surface area contributed by atoms with Crippen LogP contribution in [0.1, 0.15) is 18.4 Å². The highest BCUT2D eigenvalue weighted by Gasteiger charge is 2.41. The number of nitrogens with one attached hydrogen (secondary N) is 1. The van der Waals surface area contributed by atoms with Crippen LogP contribution in [-0.2, 0) is 6.54 Å². The smallest absolute Gasteiger partial charge is 0.133 e. The van der Waals surface area contributed by atoms with Crippen LogP contribution in [-0.4, -0.2) is 24.7 Å². The van der Waals surface area contributed by atoms with Gasteiger partial charge < -0.3 is 10.1 Å². The third-order valence-corrected chi connectivity index (χ3v) is 5.27. The molecule has 0 spiro atoms. The van der Waals surface area contributed by atoms with E-state index in [4.69, 9.17) is 4.74 Å². The van der Waals surface area contributed by atoms with Crippen LogP contribution in [0.2, 0.25) is 0 Å². The lowest BCUT2D eigenvalue weighted by Crippen LogP contribution is -2.25. The van der Waals surface area contributed by atoms with Gasteiger partial charge in [0.1, 0.15) is 5.75 Å². The Morgan fingerprint density at radius 2 is 2.24 bits per heavy atom. The summed E-state index contributed by atoms with van der Waals surface area (Å²) in [6.45, 7) is 2.03. The summed E-state index contributed by atoms with van der Waals surface area (Å²) in [6, 6.07) is 6.22. The minimum Gasteiger partial charge on any atom is -0.496 e. The summed E-state index contributed by atoms with van der Waals surface area (Å²) in [5.41, 5.74) is 1.29. The van der Waals surface area contributed by atoms with Crippen LogP contribution in [0.4, 0.5) is 0 Å². The van der Waals surface area contributed by atoms with Crippen molar-refractivity contribution in [1.82, 2.24) is 5.32 Å². The number of hydrogen-bond acceptors (Lipinski definition) is 3. The summed E-state index contributed by atoms with van der Waals surface area (Å²) < 4.78 is 6.77. The van der Waals surface area contributed by atoms with Crippen LogP contribution in [0.25, 0.3) is 0 Å². The van der Waals surface area contributed by atoms with Crippen LogP contribution < -0.4 is 10.1 Å². The molecule has 0 radical (unpaired) electrons. The van der Waals surface area contributed by atoms with Crippen LogP contribution in [0.3, 0.4) is 0 Å². The first-order valence-electron chi connectivity index (χ1n) is 5.77. The first-order chi connectivity index (χ1) is 8.19. The van der Waals surface area contributed by atoms with E-state index in [0.29, 0.717) is 4.75 Å². The van der Waals surface area contributed by atoms with E-state index in [9.17, 15) is 0 Å². The van der Waals surface area contributed by atoms with Gasteiger partial charge in [-0.25, -0.2) is 0 Å². The van der Waals surface area contributed by atoms with Gasteiger partial charge in [-0.2, -0.15) is 11.8 Å². The van der Waals surface area contributed by atoms with E-state index in [0.717, 1.165) is 23.3 Å². The Morgan fingerprint density at radius 1 is 1.47 bits per heavy atom. The molecule has 1 fully saturated rings. The van der Waals surface area contributed by atoms with Gasteiger partial charge in [0.15, 0.2) is 0 Å². The predicted octanol–water partition coefficient (Wildman–Crippen LogP) is 3.44. The molecule has 0 saturated heterocycles. The number of ether oxygens (including phenoxy) is 1. The van der Waals surface area contributed by atoms with Gasteiger partial charge in [0, 0.05) is 17.8 Å². The van der Waals surface area contributed by atoms with Gasteiger partial charge in [-0.3, -0.25) is 0 Å². The summed E-state index contributed by atoms with van der Waals surface area (Å²) in [7, 11) is 1.69. The third-order valence-electron chi connectivity index (χ3n) is 3.23. The Hall–Kier alpha value is -0.190. The maximum Gasteiger partial charge on any atom is 0.133 e. The molecule has 0 amide bonds. The lowest BCUT2D eigenvalue weighted by atomic mass is 10.2. The molecule has 1 aliphatic rings. The van der Waals surface area contributed by atoms with Crippen molar-refractivity contribution in [3.8, 4) is 5.75 Å². The van der Waals surface area contributed by atoms with Crippen molar-refractivity contribution >= 4 is 27.7 Å². The predicted molar refractivity (Wildman–Crippen MR) is 77.9 cm³/mol. The second-order valence-electron chi connectivity index (χ2n) is 4.46. The van der Waals surface area contributed by atoms with Crippen molar-refractivity contribution in [2.75, 3.05) is 19.9 Å². The fourth-order valence-electron chi connectivity index (χ4n) is 1.85. The number of rotatable bonds is 6. The Bertz CT molecular complexity index is 393. The first kappa shape index (κ1) is 13.2. The van der Waals surface area contributed by atoms with Crippen molar-refractivity contribution in [2.24, 2.45) is 0 Å². The molecule has 0 unspecified atom stereocenters. The molecule has 1 saturated carbocycles. The van der Waals surface area contributed by atoms with Gasteiger partial charge in [-0.15, -0.1) is 0 Å². The van der Waals surface area contributed by atoms with Gasteiger partial charge >= 0.3 is 0 Å². The molecule has 0 heterocycles. The number of hydrogen-bond donors (Lipinski definition) is 1. The van der Waals surface area contributed by atoms with E-state index in [1.165, 1.54) is 18.4 Å². The van der Waals surface area contributed by atoms with Crippen LogP contribution in [0.15, 0.2) is 22.7 Å². The van der Waals surface area contributed by atoms with Crippen LogP contribution >= 0.6 is 27.7 Å². The molecule has 0 aliphatic heterocycles. The lowest BCUT2D eigenvalue weighted by molar-refractivity contribution is 0.412.